The third kappa shape index (κ3) is 2.84. The van der Waals surface area contributed by atoms with E-state index in [-0.39, 0.29) is 11.9 Å². The summed E-state index contributed by atoms with van der Waals surface area (Å²) in [4.78, 5) is 25.0. The van der Waals surface area contributed by atoms with Gasteiger partial charge < -0.3 is 14.5 Å². The highest BCUT2D eigenvalue weighted by molar-refractivity contribution is 5.92. The van der Waals surface area contributed by atoms with Gasteiger partial charge in [0.25, 0.3) is 11.8 Å². The molecule has 1 amide bonds. The fraction of sp³-hybridized carbons (Fsp3) is 0.467. The van der Waals surface area contributed by atoms with Crippen LogP contribution in [-0.2, 0) is 7.05 Å². The van der Waals surface area contributed by atoms with Crippen molar-refractivity contribution < 1.29 is 9.53 Å². The lowest BCUT2D eigenvalue weighted by Crippen LogP contribution is -2.40. The fourth-order valence-corrected chi connectivity index (χ4v) is 2.86. The molecule has 0 aliphatic carbocycles. The van der Waals surface area contributed by atoms with Gasteiger partial charge in [-0.15, -0.1) is 0 Å². The van der Waals surface area contributed by atoms with Gasteiger partial charge in [-0.05, 0) is 12.5 Å². The second-order valence-corrected chi connectivity index (χ2v) is 5.53. The minimum absolute atomic E-state index is 0.0250. The predicted octanol–water partition coefficient (Wildman–Crippen LogP) is 0.570. The summed E-state index contributed by atoms with van der Waals surface area (Å²) in [7, 11) is 5.18. The molecule has 1 unspecified atom stereocenters. The number of methoxy groups -OCH3 is 1. The molecule has 0 aromatic carbocycles. The number of ether oxygens (including phenoxy) is 1. The average Bonchev–Trinajstić information content (AvgIpc) is 3.22. The first-order chi connectivity index (χ1) is 11.1. The van der Waals surface area contributed by atoms with Crippen LogP contribution in [0.3, 0.4) is 0 Å². The minimum atomic E-state index is -0.0250. The quantitative estimate of drug-likeness (QED) is 0.821. The topological polar surface area (TPSA) is 76.4 Å². The molecule has 1 atom stereocenters. The molecule has 1 saturated heterocycles. The van der Waals surface area contributed by atoms with Crippen molar-refractivity contribution in [1.29, 1.82) is 0 Å². The molecule has 23 heavy (non-hydrogen) atoms. The summed E-state index contributed by atoms with van der Waals surface area (Å²) in [6.07, 6.45) is 5.76. The largest absolute Gasteiger partial charge is 0.478 e. The van der Waals surface area contributed by atoms with Crippen LogP contribution in [0.15, 0.2) is 24.7 Å². The van der Waals surface area contributed by atoms with E-state index in [1.807, 2.05) is 7.05 Å². The molecule has 0 radical (unpaired) electrons. The Balaban J connectivity index is 1.72. The van der Waals surface area contributed by atoms with Crippen LogP contribution in [0.1, 0.15) is 16.9 Å². The average molecular weight is 316 g/mol. The molecule has 8 nitrogen and oxygen atoms in total. The van der Waals surface area contributed by atoms with Gasteiger partial charge in [-0.25, -0.2) is 9.97 Å². The lowest BCUT2D eigenvalue weighted by Gasteiger charge is -2.25. The number of aryl methyl sites for hydroxylation is 1. The number of carbonyl (C=O) groups excluding carboxylic acids is 1. The molecule has 0 N–H and O–H groups in total. The van der Waals surface area contributed by atoms with E-state index < -0.39 is 0 Å². The van der Waals surface area contributed by atoms with E-state index in [1.165, 1.54) is 0 Å². The third-order valence-corrected chi connectivity index (χ3v) is 4.21. The zero-order valence-electron chi connectivity index (χ0n) is 13.5. The molecular formula is C15H20N6O2. The van der Waals surface area contributed by atoms with Crippen LogP contribution in [0.4, 0.5) is 5.82 Å². The molecule has 1 aliphatic heterocycles. The molecule has 3 heterocycles. The van der Waals surface area contributed by atoms with E-state index in [0.29, 0.717) is 18.1 Å². The lowest BCUT2D eigenvalue weighted by atomic mass is 10.2. The van der Waals surface area contributed by atoms with Gasteiger partial charge in [0.15, 0.2) is 5.82 Å². The molecule has 0 spiro atoms. The molecule has 122 valence electrons. The number of aromatic nitrogens is 4. The fourth-order valence-electron chi connectivity index (χ4n) is 2.86. The van der Waals surface area contributed by atoms with Crippen LogP contribution in [0, 0.1) is 0 Å². The van der Waals surface area contributed by atoms with Crippen LogP contribution in [0.25, 0.3) is 0 Å². The van der Waals surface area contributed by atoms with Crippen LogP contribution in [0.5, 0.6) is 5.88 Å². The standard InChI is InChI=1S/C15H20N6O2/c1-19(15(22)12-4-6-18-20(12)2)11-5-9-21(10-11)13-14(23-3)17-8-7-16-13/h4,6-8,11H,5,9-10H2,1-3H3. The van der Waals surface area contributed by atoms with Gasteiger partial charge in [-0.2, -0.15) is 5.10 Å². The Bertz CT molecular complexity index is 701. The van der Waals surface area contributed by atoms with Crippen molar-refractivity contribution in [2.24, 2.45) is 7.05 Å². The summed E-state index contributed by atoms with van der Waals surface area (Å²) in [5.74, 6) is 1.20. The van der Waals surface area contributed by atoms with Crippen molar-refractivity contribution in [3.8, 4) is 5.88 Å². The van der Waals surface area contributed by atoms with E-state index in [9.17, 15) is 4.79 Å². The lowest BCUT2D eigenvalue weighted by molar-refractivity contribution is 0.0734. The molecule has 1 aliphatic rings. The monoisotopic (exact) mass is 316 g/mol. The molecule has 2 aromatic heterocycles. The van der Waals surface area contributed by atoms with Crippen molar-refractivity contribution >= 4 is 11.7 Å². The Kier molecular flexibility index (Phi) is 4.14. The highest BCUT2D eigenvalue weighted by atomic mass is 16.5. The van der Waals surface area contributed by atoms with Crippen LogP contribution in [0.2, 0.25) is 0 Å². The first-order valence-corrected chi connectivity index (χ1v) is 7.47. The number of rotatable bonds is 4. The zero-order chi connectivity index (χ0) is 16.4. The maximum atomic E-state index is 12.6. The highest BCUT2D eigenvalue weighted by Crippen LogP contribution is 2.27. The van der Waals surface area contributed by atoms with Gasteiger partial charge in [0.05, 0.1) is 13.2 Å². The Morgan fingerprint density at radius 3 is 2.83 bits per heavy atom. The van der Waals surface area contributed by atoms with Gasteiger partial charge in [-0.1, -0.05) is 0 Å². The van der Waals surface area contributed by atoms with Crippen molar-refractivity contribution in [3.05, 3.63) is 30.4 Å². The van der Waals surface area contributed by atoms with Crippen molar-refractivity contribution in [1.82, 2.24) is 24.6 Å². The zero-order valence-corrected chi connectivity index (χ0v) is 13.5. The number of hydrogen-bond acceptors (Lipinski definition) is 6. The Labute approximate surface area is 134 Å². The van der Waals surface area contributed by atoms with Crippen LogP contribution in [-0.4, -0.2) is 63.8 Å². The molecule has 0 saturated carbocycles. The van der Waals surface area contributed by atoms with Gasteiger partial charge in [-0.3, -0.25) is 9.48 Å². The molecule has 1 fully saturated rings. The Hall–Kier alpha value is -2.64. The maximum absolute atomic E-state index is 12.6. The Morgan fingerprint density at radius 1 is 1.35 bits per heavy atom. The maximum Gasteiger partial charge on any atom is 0.272 e. The van der Waals surface area contributed by atoms with Gasteiger partial charge in [0.2, 0.25) is 0 Å². The first kappa shape index (κ1) is 15.3. The molecule has 2 aromatic rings. The second kappa shape index (κ2) is 6.23. The van der Waals surface area contributed by atoms with Crippen molar-refractivity contribution in [2.75, 3.05) is 32.1 Å². The highest BCUT2D eigenvalue weighted by Gasteiger charge is 2.31. The number of amides is 1. The van der Waals surface area contributed by atoms with Gasteiger partial charge in [0, 0.05) is 45.8 Å². The van der Waals surface area contributed by atoms with Crippen LogP contribution >= 0.6 is 0 Å². The summed E-state index contributed by atoms with van der Waals surface area (Å²) >= 11 is 0. The summed E-state index contributed by atoms with van der Waals surface area (Å²) in [5, 5.41) is 4.06. The van der Waals surface area contributed by atoms with Crippen molar-refractivity contribution in [2.45, 2.75) is 12.5 Å². The van der Waals surface area contributed by atoms with E-state index in [2.05, 4.69) is 20.0 Å². The predicted molar refractivity (Wildman–Crippen MR) is 84.5 cm³/mol. The molecule has 3 rings (SSSR count). The minimum Gasteiger partial charge on any atom is -0.478 e. The first-order valence-electron chi connectivity index (χ1n) is 7.47. The normalized spacial score (nSPS) is 17.3. The molecule has 8 heteroatoms. The van der Waals surface area contributed by atoms with Crippen molar-refractivity contribution in [3.63, 3.8) is 0 Å². The van der Waals surface area contributed by atoms with E-state index in [1.54, 1.807) is 48.4 Å². The van der Waals surface area contributed by atoms with E-state index in [4.69, 9.17) is 4.74 Å². The number of likely N-dealkylation sites (N-methyl/N-ethyl adjacent to an activating group) is 1. The van der Waals surface area contributed by atoms with E-state index >= 15 is 0 Å². The number of carbonyl (C=O) groups is 1. The summed E-state index contributed by atoms with van der Waals surface area (Å²) in [6.45, 7) is 1.51. The molecule has 0 bridgehead atoms. The third-order valence-electron chi connectivity index (χ3n) is 4.21. The Morgan fingerprint density at radius 2 is 2.13 bits per heavy atom. The van der Waals surface area contributed by atoms with E-state index in [0.717, 1.165) is 18.8 Å². The van der Waals surface area contributed by atoms with Gasteiger partial charge in [0.1, 0.15) is 5.69 Å². The summed E-state index contributed by atoms with van der Waals surface area (Å²) in [5.41, 5.74) is 0.586. The second-order valence-electron chi connectivity index (χ2n) is 5.53. The number of hydrogen-bond donors (Lipinski definition) is 0. The smallest absolute Gasteiger partial charge is 0.272 e. The summed E-state index contributed by atoms with van der Waals surface area (Å²) in [6, 6.07) is 1.85. The van der Waals surface area contributed by atoms with Crippen LogP contribution < -0.4 is 9.64 Å². The summed E-state index contributed by atoms with van der Waals surface area (Å²) < 4.78 is 6.86. The molecular weight excluding hydrogens is 296 g/mol. The number of nitrogens with zero attached hydrogens (tertiary/aromatic N) is 6. The number of anilines is 1. The SMILES string of the molecule is COc1nccnc1N1CCC(N(C)C(=O)c2ccnn2C)C1. The van der Waals surface area contributed by atoms with Gasteiger partial charge >= 0.3 is 0 Å².